The molecule has 7 heteroatoms. The van der Waals surface area contributed by atoms with Gasteiger partial charge in [-0.2, -0.15) is 0 Å². The van der Waals surface area contributed by atoms with Crippen LogP contribution in [0.4, 0.5) is 0 Å². The van der Waals surface area contributed by atoms with Crippen LogP contribution in [0, 0.1) is 31.1 Å². The first-order chi connectivity index (χ1) is 13.1. The summed E-state index contributed by atoms with van der Waals surface area (Å²) in [6, 6.07) is 7.02. The molecule has 0 aromatic heterocycles. The van der Waals surface area contributed by atoms with Crippen LogP contribution in [0.15, 0.2) is 23.2 Å². The van der Waals surface area contributed by atoms with Crippen molar-refractivity contribution in [2.45, 2.75) is 57.8 Å². The lowest BCUT2D eigenvalue weighted by Gasteiger charge is -2.62. The number of hydrogen-bond donors (Lipinski definition) is 3. The van der Waals surface area contributed by atoms with E-state index in [1.807, 2.05) is 0 Å². The third-order valence-corrected chi connectivity index (χ3v) is 9.46. The smallest absolute Gasteiger partial charge is 0.384 e. The van der Waals surface area contributed by atoms with Gasteiger partial charge in [-0.25, -0.2) is 4.57 Å². The fourth-order valence-electron chi connectivity index (χ4n) is 6.51. The molecule has 5 rings (SSSR count). The van der Waals surface area contributed by atoms with E-state index in [2.05, 4.69) is 37.0 Å². The van der Waals surface area contributed by atoms with Gasteiger partial charge in [-0.05, 0) is 103 Å². The van der Waals surface area contributed by atoms with Crippen LogP contribution in [-0.4, -0.2) is 27.9 Å². The van der Waals surface area contributed by atoms with Gasteiger partial charge in [-0.3, -0.25) is 4.99 Å². The molecule has 2 unspecified atom stereocenters. The zero-order chi connectivity index (χ0) is 20.2. The zero-order valence-corrected chi connectivity index (χ0v) is 18.4. The number of rotatable bonds is 6. The molecular formula is C21H31N2O3PS. The average Bonchev–Trinajstić information content (AvgIpc) is 2.59. The fraction of sp³-hybridized carbons (Fsp3) is 0.667. The van der Waals surface area contributed by atoms with Crippen molar-refractivity contribution in [3.05, 3.63) is 34.9 Å². The van der Waals surface area contributed by atoms with Crippen LogP contribution in [-0.2, 0) is 9.98 Å². The second kappa shape index (κ2) is 7.16. The summed E-state index contributed by atoms with van der Waals surface area (Å²) >= 11 is 0.569. The minimum Gasteiger partial charge on any atom is -0.387 e. The van der Waals surface area contributed by atoms with Gasteiger partial charge in [-0.15, -0.1) is 0 Å². The Balaban J connectivity index is 1.56. The molecule has 28 heavy (non-hydrogen) atoms. The largest absolute Gasteiger partial charge is 0.387 e. The van der Waals surface area contributed by atoms with E-state index in [-0.39, 0.29) is 16.6 Å². The molecule has 4 saturated carbocycles. The monoisotopic (exact) mass is 422 g/mol. The predicted molar refractivity (Wildman–Crippen MR) is 116 cm³/mol. The molecular weight excluding hydrogens is 391 g/mol. The van der Waals surface area contributed by atoms with E-state index in [4.69, 9.17) is 15.5 Å². The average molecular weight is 423 g/mol. The minimum atomic E-state index is -4.10. The number of nitrogens with two attached hydrogens (primary N) is 1. The summed E-state index contributed by atoms with van der Waals surface area (Å²) in [6.07, 6.45) is 7.54. The molecule has 4 fully saturated rings. The normalized spacial score (nSPS) is 34.8. The minimum absolute atomic E-state index is 0.0928. The molecule has 0 heterocycles. The molecule has 5 nitrogen and oxygen atoms in total. The van der Waals surface area contributed by atoms with Gasteiger partial charge in [0.25, 0.3) is 0 Å². The van der Waals surface area contributed by atoms with Crippen molar-refractivity contribution in [2.75, 3.05) is 12.3 Å². The summed E-state index contributed by atoms with van der Waals surface area (Å²) in [5.41, 5.74) is 10.7. The Kier molecular flexibility index (Phi) is 5.23. The first kappa shape index (κ1) is 20.5. The SMILES string of the molecule is Cc1ccc(C23CC4CC(CC(CN=C(N)CSP(=O)(O)O)(C4)C2)C3)cc1C. The number of nitrogens with zero attached hydrogens (tertiary/aromatic N) is 1. The van der Waals surface area contributed by atoms with Gasteiger partial charge in [0.1, 0.15) is 5.84 Å². The van der Waals surface area contributed by atoms with E-state index < -0.39 is 6.80 Å². The Morgan fingerprint density at radius 2 is 1.89 bits per heavy atom. The summed E-state index contributed by atoms with van der Waals surface area (Å²) in [6.45, 7) is 0.971. The van der Waals surface area contributed by atoms with Crippen LogP contribution < -0.4 is 5.73 Å². The van der Waals surface area contributed by atoms with Crippen molar-refractivity contribution < 1.29 is 14.4 Å². The van der Waals surface area contributed by atoms with Crippen LogP contribution in [0.5, 0.6) is 0 Å². The quantitative estimate of drug-likeness (QED) is 0.360. The topological polar surface area (TPSA) is 95.9 Å². The number of aliphatic imine (C=N–C) groups is 1. The Morgan fingerprint density at radius 3 is 2.50 bits per heavy atom. The predicted octanol–water partition coefficient (Wildman–Crippen LogP) is 4.32. The highest BCUT2D eigenvalue weighted by Gasteiger charge is 2.58. The summed E-state index contributed by atoms with van der Waals surface area (Å²) in [5.74, 6) is 1.98. The van der Waals surface area contributed by atoms with Gasteiger partial charge >= 0.3 is 6.80 Å². The molecule has 0 saturated heterocycles. The van der Waals surface area contributed by atoms with Crippen molar-refractivity contribution in [2.24, 2.45) is 28.0 Å². The summed E-state index contributed by atoms with van der Waals surface area (Å²) < 4.78 is 11.1. The molecule has 4 aliphatic rings. The van der Waals surface area contributed by atoms with Crippen LogP contribution >= 0.6 is 18.2 Å². The van der Waals surface area contributed by atoms with Crippen LogP contribution in [0.1, 0.15) is 55.2 Å². The summed E-state index contributed by atoms with van der Waals surface area (Å²) in [5, 5.41) is 0. The van der Waals surface area contributed by atoms with Gasteiger partial charge in [0.2, 0.25) is 0 Å². The van der Waals surface area contributed by atoms with Gasteiger partial charge in [-0.1, -0.05) is 18.2 Å². The van der Waals surface area contributed by atoms with E-state index in [0.29, 0.717) is 23.8 Å². The van der Waals surface area contributed by atoms with Gasteiger partial charge in [0.05, 0.1) is 5.75 Å². The zero-order valence-electron chi connectivity index (χ0n) is 16.7. The lowest BCUT2D eigenvalue weighted by molar-refractivity contribution is -0.0664. The van der Waals surface area contributed by atoms with Gasteiger partial charge in [0, 0.05) is 6.54 Å². The van der Waals surface area contributed by atoms with Gasteiger partial charge < -0.3 is 15.5 Å². The van der Waals surface area contributed by atoms with Crippen LogP contribution in [0.3, 0.4) is 0 Å². The van der Waals surface area contributed by atoms with Gasteiger partial charge in [0.15, 0.2) is 0 Å². The molecule has 4 bridgehead atoms. The van der Waals surface area contributed by atoms with Crippen LogP contribution in [0.25, 0.3) is 0 Å². The highest BCUT2D eigenvalue weighted by molar-refractivity contribution is 8.54. The fourth-order valence-corrected chi connectivity index (χ4v) is 7.80. The molecule has 0 aliphatic heterocycles. The standard InChI is InChI=1S/C21H31N2O3PS/c1-14-3-4-18(5-15(14)2)21-9-16-6-17(10-21)8-20(7-16,12-21)13-23-19(22)11-28-27(24,25)26/h3-5,16-17H,6-13H2,1-2H3,(H2,22,23)(H2,24,25,26). The summed E-state index contributed by atoms with van der Waals surface area (Å²) in [7, 11) is 0. The van der Waals surface area contributed by atoms with E-state index in [1.165, 1.54) is 48.8 Å². The van der Waals surface area contributed by atoms with Crippen molar-refractivity contribution in [3.63, 3.8) is 0 Å². The van der Waals surface area contributed by atoms with Crippen molar-refractivity contribution in [1.82, 2.24) is 0 Å². The number of amidine groups is 1. The second-order valence-corrected chi connectivity index (χ2v) is 13.3. The van der Waals surface area contributed by atoms with Crippen LogP contribution in [0.2, 0.25) is 0 Å². The molecule has 1 aromatic carbocycles. The Hall–Kier alpha value is -0.810. The van der Waals surface area contributed by atoms with E-state index in [1.54, 1.807) is 0 Å². The van der Waals surface area contributed by atoms with E-state index in [9.17, 15) is 4.57 Å². The molecule has 0 amide bonds. The molecule has 4 aliphatic carbocycles. The van der Waals surface area contributed by atoms with Crippen molar-refractivity contribution in [1.29, 1.82) is 0 Å². The number of hydrogen-bond acceptors (Lipinski definition) is 3. The molecule has 2 atom stereocenters. The molecule has 4 N–H and O–H groups in total. The first-order valence-corrected chi connectivity index (χ1v) is 13.4. The third kappa shape index (κ3) is 4.07. The molecule has 154 valence electrons. The maximum Gasteiger partial charge on any atom is 0.384 e. The molecule has 1 aromatic rings. The van der Waals surface area contributed by atoms with E-state index >= 15 is 0 Å². The van der Waals surface area contributed by atoms with Crippen molar-refractivity contribution in [3.8, 4) is 0 Å². The molecule has 0 spiro atoms. The summed E-state index contributed by atoms with van der Waals surface area (Å²) in [4.78, 5) is 22.7. The number of benzene rings is 1. The highest BCUT2D eigenvalue weighted by Crippen LogP contribution is 2.65. The lowest BCUT2D eigenvalue weighted by atomic mass is 9.43. The maximum absolute atomic E-state index is 11.1. The lowest BCUT2D eigenvalue weighted by Crippen LogP contribution is -2.55. The highest BCUT2D eigenvalue weighted by atomic mass is 32.7. The number of aryl methyl sites for hydroxylation is 2. The molecule has 0 radical (unpaired) electrons. The maximum atomic E-state index is 11.1. The Bertz CT molecular complexity index is 836. The van der Waals surface area contributed by atoms with E-state index in [0.717, 1.165) is 18.3 Å². The Labute approximate surface area is 171 Å². The van der Waals surface area contributed by atoms with Crippen molar-refractivity contribution >= 4 is 24.0 Å². The second-order valence-electron chi connectivity index (χ2n) is 9.61. The first-order valence-electron chi connectivity index (χ1n) is 10.1. The third-order valence-electron chi connectivity index (χ3n) is 7.30. The Morgan fingerprint density at radius 1 is 1.21 bits per heavy atom.